The summed E-state index contributed by atoms with van der Waals surface area (Å²) in [5.74, 6) is 0. The number of hydrogen-bond acceptors (Lipinski definition) is 6. The maximum Gasteiger partial charge on any atom is 0.195 e. The Kier molecular flexibility index (Phi) is 2.79. The van der Waals surface area contributed by atoms with Crippen LogP contribution in [0.3, 0.4) is 0 Å². The van der Waals surface area contributed by atoms with Crippen molar-refractivity contribution >= 4 is 28.1 Å². The number of nitrogens with zero attached hydrogens (tertiary/aromatic N) is 4. The number of aliphatic hydroxyl groups excluding tert-OH is 1. The second kappa shape index (κ2) is 4.44. The highest BCUT2D eigenvalue weighted by Crippen LogP contribution is 2.30. The minimum absolute atomic E-state index is 0.0364. The van der Waals surface area contributed by atoms with Crippen molar-refractivity contribution in [2.24, 2.45) is 0 Å². The molecule has 0 amide bonds. The minimum atomic E-state index is -0.0364. The zero-order valence-corrected chi connectivity index (χ0v) is 10.3. The summed E-state index contributed by atoms with van der Waals surface area (Å²) in [7, 11) is 0. The van der Waals surface area contributed by atoms with E-state index in [1.165, 1.54) is 18.1 Å². The van der Waals surface area contributed by atoms with Crippen LogP contribution in [0.15, 0.2) is 40.2 Å². The van der Waals surface area contributed by atoms with Gasteiger partial charge in [0.1, 0.15) is 16.4 Å². The summed E-state index contributed by atoms with van der Waals surface area (Å²) in [6, 6.07) is 1.82. The molecule has 0 aliphatic heterocycles. The highest BCUT2D eigenvalue weighted by Gasteiger charge is 2.13. The van der Waals surface area contributed by atoms with Crippen LogP contribution in [-0.2, 0) is 6.61 Å². The second-order valence-corrected chi connectivity index (χ2v) is 5.11. The van der Waals surface area contributed by atoms with Crippen molar-refractivity contribution in [2.75, 3.05) is 0 Å². The molecule has 7 heteroatoms. The van der Waals surface area contributed by atoms with E-state index in [0.29, 0.717) is 0 Å². The highest BCUT2D eigenvalue weighted by molar-refractivity contribution is 7.99. The van der Waals surface area contributed by atoms with Gasteiger partial charge in [0.25, 0.3) is 0 Å². The summed E-state index contributed by atoms with van der Waals surface area (Å²) in [6.07, 6.45) is 5.09. The molecular formula is C10H8N4OS2. The second-order valence-electron chi connectivity index (χ2n) is 3.23. The largest absolute Gasteiger partial charge is 0.390 e. The third kappa shape index (κ3) is 1.92. The molecule has 0 aliphatic rings. The molecule has 1 N–H and O–H groups in total. The lowest BCUT2D eigenvalue weighted by molar-refractivity contribution is 0.272. The number of thiazole rings is 1. The molecule has 3 rings (SSSR count). The molecule has 3 heterocycles. The molecule has 0 radical (unpaired) electrons. The van der Waals surface area contributed by atoms with Crippen LogP contribution < -0.4 is 0 Å². The molecular weight excluding hydrogens is 256 g/mol. The Bertz CT molecular complexity index is 634. The van der Waals surface area contributed by atoms with Crippen molar-refractivity contribution in [1.29, 1.82) is 0 Å². The van der Waals surface area contributed by atoms with Gasteiger partial charge in [-0.1, -0.05) is 0 Å². The Morgan fingerprint density at radius 1 is 1.47 bits per heavy atom. The van der Waals surface area contributed by atoms with Crippen LogP contribution in [0.4, 0.5) is 0 Å². The van der Waals surface area contributed by atoms with Crippen molar-refractivity contribution in [1.82, 2.24) is 19.4 Å². The predicted octanol–water partition coefficient (Wildman–Crippen LogP) is 1.83. The van der Waals surface area contributed by atoms with E-state index in [2.05, 4.69) is 15.0 Å². The van der Waals surface area contributed by atoms with Crippen LogP contribution in [0.5, 0.6) is 0 Å². The van der Waals surface area contributed by atoms with Crippen LogP contribution in [-0.4, -0.2) is 24.5 Å². The normalized spacial score (nSPS) is 11.1. The Balaban J connectivity index is 2.02. The maximum absolute atomic E-state index is 9.40. The van der Waals surface area contributed by atoms with Crippen molar-refractivity contribution in [2.45, 2.75) is 16.7 Å². The van der Waals surface area contributed by atoms with Crippen LogP contribution in [0.1, 0.15) is 5.69 Å². The highest BCUT2D eigenvalue weighted by atomic mass is 32.2. The minimum Gasteiger partial charge on any atom is -0.390 e. The Morgan fingerprint density at radius 3 is 3.18 bits per heavy atom. The van der Waals surface area contributed by atoms with E-state index in [0.717, 1.165) is 20.7 Å². The van der Waals surface area contributed by atoms with Gasteiger partial charge in [-0.25, -0.2) is 15.0 Å². The lowest BCUT2D eigenvalue weighted by Gasteiger charge is -1.99. The van der Waals surface area contributed by atoms with E-state index in [1.807, 2.05) is 22.0 Å². The van der Waals surface area contributed by atoms with Gasteiger partial charge >= 0.3 is 0 Å². The van der Waals surface area contributed by atoms with E-state index >= 15 is 0 Å². The van der Waals surface area contributed by atoms with Crippen molar-refractivity contribution in [3.05, 3.63) is 35.9 Å². The summed E-state index contributed by atoms with van der Waals surface area (Å²) < 4.78 is 1.90. The van der Waals surface area contributed by atoms with Crippen LogP contribution >= 0.6 is 23.1 Å². The fraction of sp³-hybridized carbons (Fsp3) is 0.100. The molecule has 0 saturated heterocycles. The van der Waals surface area contributed by atoms with E-state index in [-0.39, 0.29) is 6.61 Å². The van der Waals surface area contributed by atoms with Gasteiger partial charge in [0.05, 0.1) is 12.3 Å². The van der Waals surface area contributed by atoms with Gasteiger partial charge < -0.3 is 5.11 Å². The molecule has 0 unspecified atom stereocenters. The van der Waals surface area contributed by atoms with Gasteiger partial charge in [-0.3, -0.25) is 4.40 Å². The monoisotopic (exact) mass is 264 g/mol. The van der Waals surface area contributed by atoms with Crippen molar-refractivity contribution < 1.29 is 5.11 Å². The lowest BCUT2D eigenvalue weighted by atomic mass is 10.5. The molecule has 86 valence electrons. The molecule has 3 aromatic heterocycles. The molecule has 3 aromatic rings. The molecule has 0 aliphatic carbocycles. The Labute approximate surface area is 105 Å². The summed E-state index contributed by atoms with van der Waals surface area (Å²) >= 11 is 2.98. The van der Waals surface area contributed by atoms with E-state index < -0.39 is 0 Å². The number of aliphatic hydroxyl groups is 1. The summed E-state index contributed by atoms with van der Waals surface area (Å²) in [5.41, 5.74) is 0.796. The van der Waals surface area contributed by atoms with Gasteiger partial charge in [-0.2, -0.15) is 0 Å². The maximum atomic E-state index is 9.40. The molecule has 5 nitrogen and oxygen atoms in total. The first-order valence-corrected chi connectivity index (χ1v) is 6.57. The van der Waals surface area contributed by atoms with E-state index in [9.17, 15) is 5.11 Å². The number of fused-ring (bicyclic) bond motifs is 1. The number of rotatable bonds is 3. The van der Waals surface area contributed by atoms with Crippen molar-refractivity contribution in [3.63, 3.8) is 0 Å². The molecule has 0 saturated carbocycles. The number of aromatic nitrogens is 4. The quantitative estimate of drug-likeness (QED) is 0.731. The average molecular weight is 264 g/mol. The van der Waals surface area contributed by atoms with E-state index in [1.54, 1.807) is 17.5 Å². The van der Waals surface area contributed by atoms with Gasteiger partial charge in [-0.05, 0) is 17.8 Å². The standard InChI is InChI=1S/C10H8N4OS2/c15-5-7-9(13-10-14(7)3-4-16-10)17-8-1-2-11-6-12-8/h1-4,6,15H,5H2. The first kappa shape index (κ1) is 10.7. The van der Waals surface area contributed by atoms with E-state index in [4.69, 9.17) is 0 Å². The Hall–Kier alpha value is -1.44. The third-order valence-electron chi connectivity index (χ3n) is 2.23. The molecule has 0 atom stereocenters. The van der Waals surface area contributed by atoms with Gasteiger partial charge in [0.15, 0.2) is 4.96 Å². The lowest BCUT2D eigenvalue weighted by Crippen LogP contribution is -1.91. The smallest absolute Gasteiger partial charge is 0.195 e. The predicted molar refractivity (Wildman–Crippen MR) is 65.1 cm³/mol. The topological polar surface area (TPSA) is 63.3 Å². The molecule has 0 aromatic carbocycles. The zero-order chi connectivity index (χ0) is 11.7. The summed E-state index contributed by atoms with van der Waals surface area (Å²) in [6.45, 7) is -0.0364. The zero-order valence-electron chi connectivity index (χ0n) is 8.65. The van der Waals surface area contributed by atoms with Gasteiger partial charge in [-0.15, -0.1) is 11.3 Å². The van der Waals surface area contributed by atoms with Crippen LogP contribution in [0, 0.1) is 0 Å². The fourth-order valence-electron chi connectivity index (χ4n) is 1.48. The van der Waals surface area contributed by atoms with Crippen molar-refractivity contribution in [3.8, 4) is 0 Å². The first-order chi connectivity index (χ1) is 8.38. The van der Waals surface area contributed by atoms with Gasteiger partial charge in [0, 0.05) is 17.8 Å². The SMILES string of the molecule is OCc1c(Sc2ccncn2)nc2sccn12. The molecule has 0 fully saturated rings. The molecule has 17 heavy (non-hydrogen) atoms. The molecule has 0 spiro atoms. The first-order valence-electron chi connectivity index (χ1n) is 4.87. The number of hydrogen-bond donors (Lipinski definition) is 1. The fourth-order valence-corrected chi connectivity index (χ4v) is 3.11. The molecule has 0 bridgehead atoms. The van der Waals surface area contributed by atoms with Gasteiger partial charge in [0.2, 0.25) is 0 Å². The van der Waals surface area contributed by atoms with Crippen LogP contribution in [0.25, 0.3) is 4.96 Å². The number of imidazole rings is 1. The average Bonchev–Trinajstić information content (AvgIpc) is 2.90. The summed E-state index contributed by atoms with van der Waals surface area (Å²) in [4.78, 5) is 13.3. The Morgan fingerprint density at radius 2 is 2.41 bits per heavy atom. The third-order valence-corrected chi connectivity index (χ3v) is 3.96. The van der Waals surface area contributed by atoms with Crippen LogP contribution in [0.2, 0.25) is 0 Å². The summed E-state index contributed by atoms with van der Waals surface area (Å²) in [5, 5.41) is 13.0.